The summed E-state index contributed by atoms with van der Waals surface area (Å²) in [5, 5.41) is 4.12. The van der Waals surface area contributed by atoms with Gasteiger partial charge in [-0.2, -0.15) is 8.42 Å². The Kier molecular flexibility index (Phi) is 6.90. The molecule has 1 aromatic heterocycles. The normalized spacial score (nSPS) is 12.0. The Morgan fingerprint density at radius 2 is 1.80 bits per heavy atom. The van der Waals surface area contributed by atoms with E-state index in [4.69, 9.17) is 9.92 Å². The van der Waals surface area contributed by atoms with Crippen LogP contribution in [0.15, 0.2) is 36.5 Å². The van der Waals surface area contributed by atoms with Gasteiger partial charge in [0.15, 0.2) is 5.78 Å². The van der Waals surface area contributed by atoms with Crippen LogP contribution in [-0.2, 0) is 22.1 Å². The molecule has 3 rings (SSSR count). The van der Waals surface area contributed by atoms with Gasteiger partial charge in [0.25, 0.3) is 5.91 Å². The number of fused-ring (bicyclic) bond motifs is 1. The number of nitrogen functional groups attached to an aromatic ring is 1. The molecule has 1 heterocycles. The number of anilines is 2. The van der Waals surface area contributed by atoms with Crippen molar-refractivity contribution in [3.05, 3.63) is 53.2 Å². The molecule has 0 saturated heterocycles. The summed E-state index contributed by atoms with van der Waals surface area (Å²) in [6.45, 7) is 5.71. The van der Waals surface area contributed by atoms with Crippen LogP contribution in [0, 0.1) is 0 Å². The standard InChI is InChI=1S/C25H32N4O5S/c1-25(2,3)19-10-15(8-9-22(19)34-35(7,32)33)21(30)14-29-13-16-11-20(28(5)6)18(24(31)27-4)12-17(16)23(29)26/h8-13H,14,26H2,1-7H3,(H,27,31). The third-order valence-electron chi connectivity index (χ3n) is 5.67. The Morgan fingerprint density at radius 1 is 1.14 bits per heavy atom. The van der Waals surface area contributed by atoms with Crippen molar-refractivity contribution >= 4 is 44.1 Å². The molecule has 0 atom stereocenters. The predicted octanol–water partition coefficient (Wildman–Crippen LogP) is 3.17. The summed E-state index contributed by atoms with van der Waals surface area (Å²) in [6.07, 6.45) is 2.77. The predicted molar refractivity (Wildman–Crippen MR) is 139 cm³/mol. The van der Waals surface area contributed by atoms with E-state index < -0.39 is 15.5 Å². The second kappa shape index (κ2) is 9.26. The monoisotopic (exact) mass is 500 g/mol. The number of nitrogens with two attached hydrogens (primary N) is 1. The lowest BCUT2D eigenvalue weighted by atomic mass is 9.85. The summed E-state index contributed by atoms with van der Waals surface area (Å²) in [5.74, 6) is 0.135. The summed E-state index contributed by atoms with van der Waals surface area (Å²) in [4.78, 5) is 27.5. The number of hydrogen-bond acceptors (Lipinski definition) is 7. The molecule has 0 radical (unpaired) electrons. The highest BCUT2D eigenvalue weighted by molar-refractivity contribution is 7.86. The van der Waals surface area contributed by atoms with E-state index in [2.05, 4.69) is 5.32 Å². The summed E-state index contributed by atoms with van der Waals surface area (Å²) in [6, 6.07) is 8.31. The van der Waals surface area contributed by atoms with Gasteiger partial charge in [0.1, 0.15) is 11.6 Å². The summed E-state index contributed by atoms with van der Waals surface area (Å²) in [7, 11) is 1.54. The smallest absolute Gasteiger partial charge is 0.306 e. The SMILES string of the molecule is CNC(=O)c1cc2c(N)n(CC(=O)c3ccc(OS(C)(=O)=O)c(C(C)(C)C)c3)cc2cc1N(C)C. The third kappa shape index (κ3) is 5.59. The number of ketones is 1. The average molecular weight is 501 g/mol. The molecular weight excluding hydrogens is 468 g/mol. The second-order valence-corrected chi connectivity index (χ2v) is 11.3. The van der Waals surface area contributed by atoms with Gasteiger partial charge in [-0.15, -0.1) is 0 Å². The van der Waals surface area contributed by atoms with E-state index in [1.165, 1.54) is 6.07 Å². The molecule has 0 aliphatic rings. The van der Waals surface area contributed by atoms with E-state index in [-0.39, 0.29) is 24.0 Å². The minimum Gasteiger partial charge on any atom is -0.385 e. The average Bonchev–Trinajstić information content (AvgIpc) is 3.05. The molecule has 0 aliphatic carbocycles. The maximum absolute atomic E-state index is 13.2. The fraction of sp³-hybridized carbons (Fsp3) is 0.360. The molecule has 0 unspecified atom stereocenters. The maximum atomic E-state index is 13.2. The molecule has 0 aliphatic heterocycles. The Morgan fingerprint density at radius 3 is 2.34 bits per heavy atom. The van der Waals surface area contributed by atoms with E-state index in [1.54, 1.807) is 36.0 Å². The Hall–Kier alpha value is -3.53. The van der Waals surface area contributed by atoms with Crippen LogP contribution in [0.25, 0.3) is 10.8 Å². The molecule has 3 aromatic rings. The highest BCUT2D eigenvalue weighted by atomic mass is 32.2. The Labute approximate surface area is 206 Å². The van der Waals surface area contributed by atoms with Gasteiger partial charge < -0.3 is 24.7 Å². The van der Waals surface area contributed by atoms with Crippen LogP contribution < -0.4 is 20.1 Å². The zero-order chi connectivity index (χ0) is 26.3. The highest BCUT2D eigenvalue weighted by Crippen LogP contribution is 2.34. The van der Waals surface area contributed by atoms with Crippen molar-refractivity contribution in [2.24, 2.45) is 0 Å². The van der Waals surface area contributed by atoms with Gasteiger partial charge in [-0.1, -0.05) is 20.8 Å². The molecule has 0 bridgehead atoms. The highest BCUT2D eigenvalue weighted by Gasteiger charge is 2.24. The molecule has 0 saturated carbocycles. The number of carbonyl (C=O) groups is 2. The van der Waals surface area contributed by atoms with Gasteiger partial charge in [0, 0.05) is 54.9 Å². The van der Waals surface area contributed by atoms with Gasteiger partial charge in [0.05, 0.1) is 18.4 Å². The van der Waals surface area contributed by atoms with E-state index in [1.807, 2.05) is 45.8 Å². The lowest BCUT2D eigenvalue weighted by molar-refractivity contribution is 0.0959. The van der Waals surface area contributed by atoms with Crippen LogP contribution in [0.2, 0.25) is 0 Å². The topological polar surface area (TPSA) is 124 Å². The van der Waals surface area contributed by atoms with Crippen molar-refractivity contribution in [3.63, 3.8) is 0 Å². The van der Waals surface area contributed by atoms with Crippen molar-refractivity contribution in [1.82, 2.24) is 9.88 Å². The van der Waals surface area contributed by atoms with Gasteiger partial charge in [-0.25, -0.2) is 0 Å². The molecule has 0 fully saturated rings. The number of nitrogens with one attached hydrogen (secondary N) is 1. The van der Waals surface area contributed by atoms with Gasteiger partial charge in [0.2, 0.25) is 0 Å². The zero-order valence-corrected chi connectivity index (χ0v) is 21.9. The molecule has 10 heteroatoms. The number of benzene rings is 2. The fourth-order valence-corrected chi connectivity index (χ4v) is 4.39. The number of Topliss-reactive ketones (excluding diaryl/α,β-unsaturated/α-hetero) is 1. The maximum Gasteiger partial charge on any atom is 0.306 e. The van der Waals surface area contributed by atoms with Gasteiger partial charge in [-0.05, 0) is 35.7 Å². The molecule has 188 valence electrons. The van der Waals surface area contributed by atoms with E-state index in [0.717, 1.165) is 17.3 Å². The van der Waals surface area contributed by atoms with E-state index >= 15 is 0 Å². The number of hydrogen-bond donors (Lipinski definition) is 2. The third-order valence-corrected chi connectivity index (χ3v) is 6.15. The van der Waals surface area contributed by atoms with Crippen LogP contribution in [0.4, 0.5) is 11.5 Å². The summed E-state index contributed by atoms with van der Waals surface area (Å²) >= 11 is 0. The molecule has 2 aromatic carbocycles. The van der Waals surface area contributed by atoms with Crippen LogP contribution >= 0.6 is 0 Å². The quantitative estimate of drug-likeness (QED) is 0.377. The fourth-order valence-electron chi connectivity index (χ4n) is 3.91. The van der Waals surface area contributed by atoms with E-state index in [0.29, 0.717) is 27.9 Å². The zero-order valence-electron chi connectivity index (χ0n) is 21.1. The van der Waals surface area contributed by atoms with Crippen molar-refractivity contribution in [2.75, 3.05) is 38.0 Å². The largest absolute Gasteiger partial charge is 0.385 e. The number of aromatic nitrogens is 1. The first-order valence-electron chi connectivity index (χ1n) is 11.0. The molecular formula is C25H32N4O5S. The number of rotatable bonds is 7. The lowest BCUT2D eigenvalue weighted by Crippen LogP contribution is -2.22. The van der Waals surface area contributed by atoms with Gasteiger partial charge >= 0.3 is 10.1 Å². The Bertz CT molecular complexity index is 1420. The van der Waals surface area contributed by atoms with Crippen molar-refractivity contribution < 1.29 is 22.2 Å². The number of amides is 1. The minimum atomic E-state index is -3.72. The first kappa shape index (κ1) is 26.1. The van der Waals surface area contributed by atoms with Crippen LogP contribution in [0.5, 0.6) is 5.75 Å². The first-order chi connectivity index (χ1) is 16.1. The Balaban J connectivity index is 2.02. The summed E-state index contributed by atoms with van der Waals surface area (Å²) in [5.41, 5.74) is 8.14. The van der Waals surface area contributed by atoms with Gasteiger partial charge in [-0.3, -0.25) is 9.59 Å². The number of carbonyl (C=O) groups excluding carboxylic acids is 2. The summed E-state index contributed by atoms with van der Waals surface area (Å²) < 4.78 is 30.2. The van der Waals surface area contributed by atoms with Crippen LogP contribution in [0.1, 0.15) is 47.1 Å². The van der Waals surface area contributed by atoms with E-state index in [9.17, 15) is 18.0 Å². The molecule has 9 nitrogen and oxygen atoms in total. The van der Waals surface area contributed by atoms with Crippen molar-refractivity contribution in [3.8, 4) is 5.75 Å². The van der Waals surface area contributed by atoms with Crippen LogP contribution in [0.3, 0.4) is 0 Å². The van der Waals surface area contributed by atoms with Crippen molar-refractivity contribution in [2.45, 2.75) is 32.7 Å². The minimum absolute atomic E-state index is 0.0248. The second-order valence-electron chi connectivity index (χ2n) is 9.74. The number of nitrogens with zero attached hydrogens (tertiary/aromatic N) is 2. The van der Waals surface area contributed by atoms with Crippen LogP contribution in [-0.4, -0.2) is 52.1 Å². The lowest BCUT2D eigenvalue weighted by Gasteiger charge is -2.23. The van der Waals surface area contributed by atoms with Crippen molar-refractivity contribution in [1.29, 1.82) is 0 Å². The molecule has 1 amide bonds. The molecule has 3 N–H and O–H groups in total. The molecule has 35 heavy (non-hydrogen) atoms. The molecule has 0 spiro atoms. The first-order valence-corrected chi connectivity index (χ1v) is 12.8.